The van der Waals surface area contributed by atoms with Crippen molar-refractivity contribution in [1.29, 1.82) is 0 Å². The zero-order chi connectivity index (χ0) is 15.5. The van der Waals surface area contributed by atoms with E-state index in [9.17, 15) is 13.2 Å². The number of anilines is 2. The molecule has 0 aliphatic heterocycles. The molecule has 1 aromatic heterocycles. The topological polar surface area (TPSA) is 55.0 Å². The van der Waals surface area contributed by atoms with Gasteiger partial charge in [-0.05, 0) is 27.2 Å². The van der Waals surface area contributed by atoms with E-state index >= 15 is 0 Å². The first-order valence-corrected chi connectivity index (χ1v) is 6.62. The van der Waals surface area contributed by atoms with E-state index in [4.69, 9.17) is 5.73 Å². The number of nitrogens with zero attached hydrogens (tertiary/aromatic N) is 3. The molecule has 0 aromatic carbocycles. The average Bonchev–Trinajstić information content (AvgIpc) is 2.30. The Morgan fingerprint density at radius 3 is 2.30 bits per heavy atom. The second kappa shape index (κ2) is 6.28. The lowest BCUT2D eigenvalue weighted by atomic mass is 10.2. The Hall–Kier alpha value is -1.53. The smallest absolute Gasteiger partial charge is 0.383 e. The fraction of sp³-hybridized carbons (Fsp3) is 0.692. The highest BCUT2D eigenvalue weighted by Gasteiger charge is 2.33. The second-order valence-corrected chi connectivity index (χ2v) is 5.06. The third kappa shape index (κ3) is 4.25. The van der Waals surface area contributed by atoms with Crippen molar-refractivity contribution in [2.75, 3.05) is 17.2 Å². The maximum Gasteiger partial charge on any atom is 0.405 e. The molecule has 0 fully saturated rings. The van der Waals surface area contributed by atoms with E-state index in [-0.39, 0.29) is 17.7 Å². The van der Waals surface area contributed by atoms with Crippen molar-refractivity contribution in [2.45, 2.75) is 52.8 Å². The van der Waals surface area contributed by atoms with Crippen LogP contribution in [-0.2, 0) is 6.42 Å². The number of halogens is 3. The van der Waals surface area contributed by atoms with Crippen molar-refractivity contribution in [3.05, 3.63) is 11.4 Å². The molecule has 4 nitrogen and oxygen atoms in total. The molecule has 0 radical (unpaired) electrons. The number of rotatable bonds is 5. The summed E-state index contributed by atoms with van der Waals surface area (Å²) in [4.78, 5) is 9.60. The first kappa shape index (κ1) is 16.5. The fourth-order valence-electron chi connectivity index (χ4n) is 1.88. The summed E-state index contributed by atoms with van der Waals surface area (Å²) < 4.78 is 38.1. The standard InChI is InChI=1S/C13H21F3N4/c1-5-6-10-18-11(17)9(4)12(19-10)20(8(2)3)7-13(14,15)16/h8H,5-7H2,1-4H3,(H2,17,18,19). The van der Waals surface area contributed by atoms with Gasteiger partial charge in [0.05, 0.1) is 0 Å². The molecule has 0 bridgehead atoms. The van der Waals surface area contributed by atoms with Gasteiger partial charge in [-0.15, -0.1) is 0 Å². The highest BCUT2D eigenvalue weighted by molar-refractivity contribution is 5.57. The minimum atomic E-state index is -4.29. The predicted octanol–water partition coefficient (Wildman–Crippen LogP) is 3.10. The summed E-state index contributed by atoms with van der Waals surface area (Å²) in [7, 11) is 0. The van der Waals surface area contributed by atoms with Gasteiger partial charge >= 0.3 is 6.18 Å². The Morgan fingerprint density at radius 1 is 1.25 bits per heavy atom. The number of nitrogen functional groups attached to an aromatic ring is 1. The Morgan fingerprint density at radius 2 is 1.85 bits per heavy atom. The largest absolute Gasteiger partial charge is 0.405 e. The van der Waals surface area contributed by atoms with Crippen LogP contribution in [-0.4, -0.2) is 28.7 Å². The van der Waals surface area contributed by atoms with Crippen molar-refractivity contribution in [2.24, 2.45) is 0 Å². The van der Waals surface area contributed by atoms with Crippen LogP contribution in [0.1, 0.15) is 38.6 Å². The van der Waals surface area contributed by atoms with Crippen LogP contribution in [0.4, 0.5) is 24.8 Å². The maximum atomic E-state index is 12.7. The number of aryl methyl sites for hydroxylation is 1. The van der Waals surface area contributed by atoms with Crippen LogP contribution in [0.3, 0.4) is 0 Å². The molecule has 0 aliphatic rings. The fourth-order valence-corrected chi connectivity index (χ4v) is 1.88. The highest BCUT2D eigenvalue weighted by Crippen LogP contribution is 2.27. The quantitative estimate of drug-likeness (QED) is 0.905. The lowest BCUT2D eigenvalue weighted by molar-refractivity contribution is -0.120. The first-order chi connectivity index (χ1) is 9.15. The van der Waals surface area contributed by atoms with Gasteiger partial charge in [0.15, 0.2) is 0 Å². The van der Waals surface area contributed by atoms with E-state index in [1.54, 1.807) is 20.8 Å². The van der Waals surface area contributed by atoms with Gasteiger partial charge in [0.1, 0.15) is 24.0 Å². The Kier molecular flexibility index (Phi) is 5.19. The van der Waals surface area contributed by atoms with Crippen molar-refractivity contribution in [1.82, 2.24) is 9.97 Å². The number of alkyl halides is 3. The summed E-state index contributed by atoms with van der Waals surface area (Å²) in [6, 6.07) is -0.334. The normalized spacial score (nSPS) is 12.0. The number of hydrogen-bond donors (Lipinski definition) is 1. The number of aromatic nitrogens is 2. The SMILES string of the molecule is CCCc1nc(N)c(C)c(N(CC(F)(F)F)C(C)C)n1. The van der Waals surface area contributed by atoms with Crippen molar-refractivity contribution < 1.29 is 13.2 Å². The zero-order valence-electron chi connectivity index (χ0n) is 12.3. The van der Waals surface area contributed by atoms with Gasteiger partial charge in [-0.3, -0.25) is 0 Å². The highest BCUT2D eigenvalue weighted by atomic mass is 19.4. The molecule has 1 aromatic rings. The van der Waals surface area contributed by atoms with Gasteiger partial charge < -0.3 is 10.6 Å². The Bertz CT molecular complexity index is 458. The molecule has 1 heterocycles. The molecule has 1 rings (SSSR count). The van der Waals surface area contributed by atoms with Gasteiger partial charge in [0, 0.05) is 18.0 Å². The van der Waals surface area contributed by atoms with Crippen molar-refractivity contribution in [3.8, 4) is 0 Å². The lowest BCUT2D eigenvalue weighted by Crippen LogP contribution is -2.40. The lowest BCUT2D eigenvalue weighted by Gasteiger charge is -2.30. The number of nitrogens with two attached hydrogens (primary N) is 1. The summed E-state index contributed by atoms with van der Waals surface area (Å²) in [5.41, 5.74) is 6.28. The van der Waals surface area contributed by atoms with Gasteiger partial charge in [-0.25, -0.2) is 9.97 Å². The van der Waals surface area contributed by atoms with Crippen molar-refractivity contribution >= 4 is 11.6 Å². The summed E-state index contributed by atoms with van der Waals surface area (Å²) in [5, 5.41) is 0. The molecule has 20 heavy (non-hydrogen) atoms. The summed E-state index contributed by atoms with van der Waals surface area (Å²) >= 11 is 0. The Labute approximate surface area is 117 Å². The van der Waals surface area contributed by atoms with E-state index in [1.807, 2.05) is 6.92 Å². The molecule has 0 atom stereocenters. The molecule has 0 aliphatic carbocycles. The monoisotopic (exact) mass is 290 g/mol. The van der Waals surface area contributed by atoms with Crippen molar-refractivity contribution in [3.63, 3.8) is 0 Å². The van der Waals surface area contributed by atoms with Crippen LogP contribution in [0.2, 0.25) is 0 Å². The van der Waals surface area contributed by atoms with Gasteiger partial charge in [0.2, 0.25) is 0 Å². The van der Waals surface area contributed by atoms with E-state index in [0.29, 0.717) is 17.8 Å². The van der Waals surface area contributed by atoms with Crippen LogP contribution in [0.15, 0.2) is 0 Å². The molecule has 114 valence electrons. The first-order valence-electron chi connectivity index (χ1n) is 6.62. The van der Waals surface area contributed by atoms with E-state index in [1.165, 1.54) is 4.90 Å². The summed E-state index contributed by atoms with van der Waals surface area (Å²) in [5.74, 6) is 0.998. The van der Waals surface area contributed by atoms with Gasteiger partial charge in [-0.2, -0.15) is 13.2 Å². The molecule has 0 spiro atoms. The van der Waals surface area contributed by atoms with Gasteiger partial charge in [-0.1, -0.05) is 6.92 Å². The minimum Gasteiger partial charge on any atom is -0.383 e. The molecule has 0 saturated carbocycles. The summed E-state index contributed by atoms with van der Waals surface area (Å²) in [6.45, 7) is 5.95. The molecule has 0 amide bonds. The van der Waals surface area contributed by atoms with Gasteiger partial charge in [0.25, 0.3) is 0 Å². The average molecular weight is 290 g/mol. The molecular weight excluding hydrogens is 269 g/mol. The molecule has 7 heteroatoms. The third-order valence-electron chi connectivity index (χ3n) is 2.92. The van der Waals surface area contributed by atoms with E-state index in [0.717, 1.165) is 6.42 Å². The molecule has 2 N–H and O–H groups in total. The minimum absolute atomic E-state index is 0.242. The molecular formula is C13H21F3N4. The number of hydrogen-bond acceptors (Lipinski definition) is 4. The van der Waals surface area contributed by atoms with Crippen LogP contribution in [0.5, 0.6) is 0 Å². The maximum absolute atomic E-state index is 12.7. The van der Waals surface area contributed by atoms with Crippen LogP contribution in [0, 0.1) is 6.92 Å². The van der Waals surface area contributed by atoms with E-state index < -0.39 is 12.7 Å². The second-order valence-electron chi connectivity index (χ2n) is 5.06. The Balaban J connectivity index is 3.24. The van der Waals surface area contributed by atoms with Crippen LogP contribution < -0.4 is 10.6 Å². The third-order valence-corrected chi connectivity index (χ3v) is 2.92. The van der Waals surface area contributed by atoms with Crippen LogP contribution in [0.25, 0.3) is 0 Å². The molecule has 0 saturated heterocycles. The zero-order valence-corrected chi connectivity index (χ0v) is 12.3. The van der Waals surface area contributed by atoms with Crippen LogP contribution >= 0.6 is 0 Å². The summed E-state index contributed by atoms with van der Waals surface area (Å²) in [6.07, 6.45) is -2.89. The predicted molar refractivity (Wildman–Crippen MR) is 73.7 cm³/mol. The molecule has 0 unspecified atom stereocenters. The van der Waals surface area contributed by atoms with E-state index in [2.05, 4.69) is 9.97 Å².